The van der Waals surface area contributed by atoms with Gasteiger partial charge in [0.15, 0.2) is 0 Å². The van der Waals surface area contributed by atoms with Crippen molar-refractivity contribution < 1.29 is 23.9 Å². The molecule has 0 aromatic heterocycles. The zero-order valence-corrected chi connectivity index (χ0v) is 15.5. The Labute approximate surface area is 162 Å². The Morgan fingerprint density at radius 3 is 2.07 bits per heavy atom. The molecule has 7 nitrogen and oxygen atoms in total. The number of carbonyl (C=O) groups is 3. The van der Waals surface area contributed by atoms with E-state index < -0.39 is 36.3 Å². The predicted molar refractivity (Wildman–Crippen MR) is 99.1 cm³/mol. The van der Waals surface area contributed by atoms with Crippen molar-refractivity contribution in [3.05, 3.63) is 71.3 Å². The molecule has 0 spiro atoms. The molecule has 2 aromatic carbocycles. The number of carbonyl (C=O) groups excluding carboxylic acids is 3. The molecule has 0 radical (unpaired) electrons. The molecule has 0 saturated carbocycles. The summed E-state index contributed by atoms with van der Waals surface area (Å²) in [6.07, 6.45) is -2.00. The lowest BCUT2D eigenvalue weighted by Crippen LogP contribution is -2.61. The minimum Gasteiger partial charge on any atom is -0.333 e. The predicted octanol–water partition coefficient (Wildman–Crippen LogP) is 2.25. The van der Waals surface area contributed by atoms with Gasteiger partial charge >= 0.3 is 0 Å². The average Bonchev–Trinajstić information content (AvgIpc) is 2.93. The van der Waals surface area contributed by atoms with E-state index in [4.69, 9.17) is 9.47 Å². The van der Waals surface area contributed by atoms with Crippen molar-refractivity contribution in [2.75, 3.05) is 0 Å². The van der Waals surface area contributed by atoms with Gasteiger partial charge in [-0.1, -0.05) is 42.5 Å². The normalized spacial score (nSPS) is 24.5. The van der Waals surface area contributed by atoms with Crippen LogP contribution < -0.4 is 5.32 Å². The maximum absolute atomic E-state index is 13.0. The molecule has 1 saturated heterocycles. The molecule has 144 valence electrons. The number of imide groups is 1. The van der Waals surface area contributed by atoms with Crippen molar-refractivity contribution in [2.45, 2.75) is 38.5 Å². The Morgan fingerprint density at radius 1 is 0.929 bits per heavy atom. The first-order valence-electron chi connectivity index (χ1n) is 9.10. The molecule has 28 heavy (non-hydrogen) atoms. The van der Waals surface area contributed by atoms with Crippen LogP contribution in [0.25, 0.3) is 0 Å². The molecule has 7 heteroatoms. The smallest absolute Gasteiger partial charge is 0.262 e. The maximum Gasteiger partial charge on any atom is 0.262 e. The number of nitrogens with zero attached hydrogens (tertiary/aromatic N) is 1. The third kappa shape index (κ3) is 3.08. The highest BCUT2D eigenvalue weighted by atomic mass is 16.7. The van der Waals surface area contributed by atoms with Gasteiger partial charge in [-0.15, -0.1) is 0 Å². The molecule has 3 atom stereocenters. The van der Waals surface area contributed by atoms with E-state index in [2.05, 4.69) is 5.32 Å². The summed E-state index contributed by atoms with van der Waals surface area (Å²) in [7, 11) is 0. The summed E-state index contributed by atoms with van der Waals surface area (Å²) < 4.78 is 11.6. The van der Waals surface area contributed by atoms with Crippen molar-refractivity contribution in [1.82, 2.24) is 10.2 Å². The molecule has 4 rings (SSSR count). The number of rotatable bonds is 4. The molecule has 2 aliphatic heterocycles. The number of hydrogen-bond donors (Lipinski definition) is 1. The molecule has 2 aromatic rings. The third-order valence-electron chi connectivity index (χ3n) is 4.71. The fourth-order valence-electron chi connectivity index (χ4n) is 3.51. The van der Waals surface area contributed by atoms with E-state index in [-0.39, 0.29) is 17.2 Å². The molecule has 0 bridgehead atoms. The topological polar surface area (TPSA) is 84.9 Å². The summed E-state index contributed by atoms with van der Waals surface area (Å²) in [6, 6.07) is 14.4. The van der Waals surface area contributed by atoms with Crippen molar-refractivity contribution in [3.8, 4) is 0 Å². The Hall–Kier alpha value is -3.03. The highest BCUT2D eigenvalue weighted by Crippen LogP contribution is 2.35. The first-order chi connectivity index (χ1) is 13.5. The van der Waals surface area contributed by atoms with Crippen LogP contribution in [0.2, 0.25) is 0 Å². The van der Waals surface area contributed by atoms with E-state index in [1.807, 2.05) is 32.0 Å². The highest BCUT2D eigenvalue weighted by molar-refractivity contribution is 6.23. The first-order valence-corrected chi connectivity index (χ1v) is 9.10. The second-order valence-corrected chi connectivity index (χ2v) is 6.96. The van der Waals surface area contributed by atoms with Crippen molar-refractivity contribution in [1.29, 1.82) is 0 Å². The van der Waals surface area contributed by atoms with Gasteiger partial charge in [-0.05, 0) is 31.5 Å². The Kier molecular flexibility index (Phi) is 4.70. The molecular formula is C21H20N2O5. The molecule has 2 aliphatic rings. The van der Waals surface area contributed by atoms with E-state index in [0.717, 1.165) is 4.90 Å². The molecule has 0 aliphatic carbocycles. The first kappa shape index (κ1) is 18.3. The number of benzene rings is 2. The lowest BCUT2D eigenvalue weighted by molar-refractivity contribution is -0.232. The summed E-state index contributed by atoms with van der Waals surface area (Å²) >= 11 is 0. The highest BCUT2D eigenvalue weighted by Gasteiger charge is 2.50. The minimum atomic E-state index is -1.14. The summed E-state index contributed by atoms with van der Waals surface area (Å²) in [5, 5.41) is 2.61. The van der Waals surface area contributed by atoms with Gasteiger partial charge in [0.2, 0.25) is 12.3 Å². The van der Waals surface area contributed by atoms with Crippen LogP contribution in [0.15, 0.2) is 54.6 Å². The van der Waals surface area contributed by atoms with Gasteiger partial charge in [-0.25, -0.2) is 0 Å². The van der Waals surface area contributed by atoms with E-state index in [9.17, 15) is 14.4 Å². The number of amides is 3. The third-order valence-corrected chi connectivity index (χ3v) is 4.71. The van der Waals surface area contributed by atoms with E-state index >= 15 is 0 Å². The maximum atomic E-state index is 13.0. The van der Waals surface area contributed by atoms with Gasteiger partial charge in [0.1, 0.15) is 12.1 Å². The van der Waals surface area contributed by atoms with Gasteiger partial charge in [-0.3, -0.25) is 19.3 Å². The van der Waals surface area contributed by atoms with Crippen LogP contribution in [0.5, 0.6) is 0 Å². The molecule has 1 N–H and O–H groups in total. The number of ether oxygens (including phenoxy) is 2. The summed E-state index contributed by atoms with van der Waals surface area (Å²) in [5.41, 5.74) is 1.25. The van der Waals surface area contributed by atoms with E-state index in [1.165, 1.54) is 0 Å². The molecule has 2 heterocycles. The van der Waals surface area contributed by atoms with E-state index in [0.29, 0.717) is 5.56 Å². The standard InChI is InChI=1S/C21H20N2O5/c1-12(2)27-21-22-18(24)16(17(28-21)13-8-4-3-5-9-13)23-19(25)14-10-6-7-11-15(14)20(23)26/h3-12,16-17,21H,1-2H3,(H,22,24)/t16-,17-,21+/m1/s1. The largest absolute Gasteiger partial charge is 0.333 e. The van der Waals surface area contributed by atoms with Crippen LogP contribution >= 0.6 is 0 Å². The Balaban J connectivity index is 1.73. The van der Waals surface area contributed by atoms with Crippen LogP contribution in [0, 0.1) is 0 Å². The quantitative estimate of drug-likeness (QED) is 0.823. The lowest BCUT2D eigenvalue weighted by atomic mass is 9.98. The van der Waals surface area contributed by atoms with Gasteiger partial charge < -0.3 is 14.8 Å². The number of nitrogens with one attached hydrogen (secondary N) is 1. The SMILES string of the molecule is CC(C)O[C@@H]1NC(=O)[C@H](N2C(=O)c3ccccc3C2=O)[C@@H](c2ccccc2)O1. The lowest BCUT2D eigenvalue weighted by Gasteiger charge is -2.39. The van der Waals surface area contributed by atoms with E-state index in [1.54, 1.807) is 36.4 Å². The summed E-state index contributed by atoms with van der Waals surface area (Å²) in [5.74, 6) is -1.51. The minimum absolute atomic E-state index is 0.183. The second-order valence-electron chi connectivity index (χ2n) is 6.96. The fourth-order valence-corrected chi connectivity index (χ4v) is 3.51. The van der Waals surface area contributed by atoms with Crippen molar-refractivity contribution >= 4 is 17.7 Å². The molecule has 1 fully saturated rings. The van der Waals surface area contributed by atoms with Crippen molar-refractivity contribution in [3.63, 3.8) is 0 Å². The van der Waals surface area contributed by atoms with Gasteiger partial charge in [-0.2, -0.15) is 0 Å². The van der Waals surface area contributed by atoms with Crippen LogP contribution in [0.4, 0.5) is 0 Å². The van der Waals surface area contributed by atoms with Crippen molar-refractivity contribution in [2.24, 2.45) is 0 Å². The second kappa shape index (κ2) is 7.18. The van der Waals surface area contributed by atoms with Crippen LogP contribution in [-0.4, -0.2) is 41.2 Å². The zero-order valence-electron chi connectivity index (χ0n) is 15.5. The Morgan fingerprint density at radius 2 is 1.50 bits per heavy atom. The summed E-state index contributed by atoms with van der Waals surface area (Å²) in [6.45, 7) is 3.65. The fraction of sp³-hybridized carbons (Fsp3) is 0.286. The number of fused-ring (bicyclic) bond motifs is 1. The van der Waals surface area contributed by atoms with Gasteiger partial charge in [0.05, 0.1) is 17.2 Å². The summed E-state index contributed by atoms with van der Waals surface area (Å²) in [4.78, 5) is 39.8. The number of hydrogen-bond acceptors (Lipinski definition) is 5. The monoisotopic (exact) mass is 380 g/mol. The average molecular weight is 380 g/mol. The molecule has 3 amide bonds. The van der Waals surface area contributed by atoms with Crippen LogP contribution in [0.3, 0.4) is 0 Å². The van der Waals surface area contributed by atoms with Gasteiger partial charge in [0, 0.05) is 0 Å². The molecule has 0 unspecified atom stereocenters. The Bertz CT molecular complexity index is 892. The zero-order chi connectivity index (χ0) is 19.8. The van der Waals surface area contributed by atoms with Crippen LogP contribution in [0.1, 0.15) is 46.2 Å². The van der Waals surface area contributed by atoms with Crippen LogP contribution in [-0.2, 0) is 14.3 Å². The van der Waals surface area contributed by atoms with Gasteiger partial charge in [0.25, 0.3) is 11.8 Å². The molecular weight excluding hydrogens is 360 g/mol.